The van der Waals surface area contributed by atoms with Gasteiger partial charge in [-0.15, -0.1) is 0 Å². The Bertz CT molecular complexity index is 1460. The minimum absolute atomic E-state index is 0.0370. The van der Waals surface area contributed by atoms with Crippen molar-refractivity contribution < 1.29 is 26.7 Å². The quantitative estimate of drug-likeness (QED) is 0.411. The van der Waals surface area contributed by atoms with Gasteiger partial charge >= 0.3 is 6.18 Å². The first-order valence-corrected chi connectivity index (χ1v) is 10.6. The second-order valence-electron chi connectivity index (χ2n) is 8.37. The molecule has 0 saturated carbocycles. The topological polar surface area (TPSA) is 77.0 Å². The summed E-state index contributed by atoms with van der Waals surface area (Å²) in [6, 6.07) is 6.41. The van der Waals surface area contributed by atoms with E-state index in [9.17, 15) is 26.7 Å². The molecule has 180 valence electrons. The number of nitrogens with zero attached hydrogens (tertiary/aromatic N) is 4. The van der Waals surface area contributed by atoms with Gasteiger partial charge < -0.3 is 15.2 Å². The summed E-state index contributed by atoms with van der Waals surface area (Å²) in [7, 11) is 1.64. The van der Waals surface area contributed by atoms with Gasteiger partial charge in [-0.05, 0) is 41.8 Å². The molecule has 1 aliphatic heterocycles. The molecular formula is C24H18F5N5O. The maximum atomic E-state index is 14.2. The van der Waals surface area contributed by atoms with Crippen molar-refractivity contribution in [3.05, 3.63) is 71.7 Å². The first kappa shape index (κ1) is 22.8. The molecule has 0 radical (unpaired) electrons. The first-order chi connectivity index (χ1) is 16.5. The molecule has 1 atom stereocenters. The summed E-state index contributed by atoms with van der Waals surface area (Å²) in [6.07, 6.45) is -1.81. The zero-order chi connectivity index (χ0) is 25.1. The number of anilines is 2. The fourth-order valence-electron chi connectivity index (χ4n) is 4.63. The van der Waals surface area contributed by atoms with E-state index in [0.29, 0.717) is 17.1 Å². The fourth-order valence-corrected chi connectivity index (χ4v) is 4.63. The second kappa shape index (κ2) is 8.03. The molecule has 0 bridgehead atoms. The summed E-state index contributed by atoms with van der Waals surface area (Å²) < 4.78 is 71.4. The highest BCUT2D eigenvalue weighted by molar-refractivity contribution is 6.03. The van der Waals surface area contributed by atoms with E-state index in [-0.39, 0.29) is 41.2 Å². The molecule has 0 aliphatic carbocycles. The highest BCUT2D eigenvalue weighted by Crippen LogP contribution is 2.43. The van der Waals surface area contributed by atoms with Crippen LogP contribution in [0.3, 0.4) is 0 Å². The lowest BCUT2D eigenvalue weighted by Crippen LogP contribution is -2.27. The Morgan fingerprint density at radius 2 is 1.74 bits per heavy atom. The molecule has 2 N–H and O–H groups in total. The predicted octanol–water partition coefficient (Wildman–Crippen LogP) is 5.04. The zero-order valence-corrected chi connectivity index (χ0v) is 18.3. The maximum absolute atomic E-state index is 14.2. The molecule has 5 rings (SSSR count). The summed E-state index contributed by atoms with van der Waals surface area (Å²) in [4.78, 5) is 22.2. The number of hydrogen-bond acceptors (Lipinski definition) is 4. The Morgan fingerprint density at radius 3 is 2.43 bits per heavy atom. The number of fused-ring (bicyclic) bond motifs is 1. The number of carbonyl (C=O) groups excluding carboxylic acids is 1. The van der Waals surface area contributed by atoms with Gasteiger partial charge in [-0.2, -0.15) is 13.2 Å². The van der Waals surface area contributed by atoms with Gasteiger partial charge in [0.25, 0.3) is 0 Å². The number of amides is 1. The number of halogens is 5. The number of rotatable bonds is 3. The van der Waals surface area contributed by atoms with E-state index in [4.69, 9.17) is 5.73 Å². The third kappa shape index (κ3) is 3.86. The fraction of sp³-hybridized carbons (Fsp3) is 0.208. The van der Waals surface area contributed by atoms with E-state index in [1.54, 1.807) is 11.6 Å². The zero-order valence-electron chi connectivity index (χ0n) is 18.3. The van der Waals surface area contributed by atoms with Crippen LogP contribution in [0.2, 0.25) is 0 Å². The number of benzene rings is 2. The lowest BCUT2D eigenvalue weighted by atomic mass is 9.97. The smallest absolute Gasteiger partial charge is 0.383 e. The van der Waals surface area contributed by atoms with Crippen molar-refractivity contribution in [2.75, 3.05) is 17.2 Å². The molecule has 1 fully saturated rings. The lowest BCUT2D eigenvalue weighted by molar-refractivity contribution is -0.137. The van der Waals surface area contributed by atoms with Crippen molar-refractivity contribution in [3.63, 3.8) is 0 Å². The van der Waals surface area contributed by atoms with Crippen molar-refractivity contribution >= 4 is 28.4 Å². The Kier molecular flexibility index (Phi) is 5.22. The van der Waals surface area contributed by atoms with Gasteiger partial charge in [0, 0.05) is 37.1 Å². The Labute approximate surface area is 195 Å². The lowest BCUT2D eigenvalue weighted by Gasteiger charge is -2.21. The predicted molar refractivity (Wildman–Crippen MR) is 119 cm³/mol. The standard InChI is InChI=1S/C24H18F5N5O/c1-33-10-18(20-21(30)31-11-32-22(20)33)17-3-2-15(9-19(17)24(27,28)29)34-5-4-16(23(34)35)12-6-13(25)8-14(26)7-12/h2-3,6-11,16H,4-5H2,1H3,(H2,30,31,32). The van der Waals surface area contributed by atoms with Crippen molar-refractivity contribution in [2.45, 2.75) is 18.5 Å². The number of nitrogen functional groups attached to an aromatic ring is 1. The monoisotopic (exact) mass is 487 g/mol. The van der Waals surface area contributed by atoms with Gasteiger partial charge in [-0.25, -0.2) is 18.7 Å². The van der Waals surface area contributed by atoms with E-state index in [1.165, 1.54) is 29.6 Å². The van der Waals surface area contributed by atoms with Crippen LogP contribution in [0.25, 0.3) is 22.2 Å². The normalized spacial score (nSPS) is 16.5. The maximum Gasteiger partial charge on any atom is 0.417 e. The van der Waals surface area contributed by atoms with Crippen LogP contribution in [-0.4, -0.2) is 27.0 Å². The summed E-state index contributed by atoms with van der Waals surface area (Å²) in [5.74, 6) is -2.99. The summed E-state index contributed by atoms with van der Waals surface area (Å²) in [6.45, 7) is 0.104. The molecule has 1 saturated heterocycles. The molecular weight excluding hydrogens is 469 g/mol. The summed E-state index contributed by atoms with van der Waals surface area (Å²) >= 11 is 0. The van der Waals surface area contributed by atoms with Gasteiger partial charge in [-0.1, -0.05) is 6.07 Å². The Balaban J connectivity index is 1.58. The number of alkyl halides is 3. The van der Waals surface area contributed by atoms with Gasteiger partial charge in [0.15, 0.2) is 0 Å². The van der Waals surface area contributed by atoms with Crippen LogP contribution >= 0.6 is 0 Å². The van der Waals surface area contributed by atoms with Gasteiger partial charge in [0.2, 0.25) is 5.91 Å². The molecule has 1 amide bonds. The Hall–Kier alpha value is -4.02. The van der Waals surface area contributed by atoms with Crippen LogP contribution in [0.1, 0.15) is 23.5 Å². The minimum Gasteiger partial charge on any atom is -0.383 e. The van der Waals surface area contributed by atoms with E-state index < -0.39 is 35.2 Å². The van der Waals surface area contributed by atoms with Crippen molar-refractivity contribution in [2.24, 2.45) is 7.05 Å². The molecule has 0 spiro atoms. The number of carbonyl (C=O) groups is 1. The highest BCUT2D eigenvalue weighted by Gasteiger charge is 2.38. The SMILES string of the molecule is Cn1cc(-c2ccc(N3CCC(c4cc(F)cc(F)c4)C3=O)cc2C(F)(F)F)c2c(N)ncnc21. The average molecular weight is 487 g/mol. The largest absolute Gasteiger partial charge is 0.417 e. The first-order valence-electron chi connectivity index (χ1n) is 10.6. The van der Waals surface area contributed by atoms with Gasteiger partial charge in [0.1, 0.15) is 29.4 Å². The van der Waals surface area contributed by atoms with Crippen molar-refractivity contribution in [3.8, 4) is 11.1 Å². The molecule has 2 aromatic carbocycles. The van der Waals surface area contributed by atoms with Crippen molar-refractivity contribution in [1.29, 1.82) is 0 Å². The van der Waals surface area contributed by atoms with Crippen molar-refractivity contribution in [1.82, 2.24) is 14.5 Å². The molecule has 4 aromatic rings. The summed E-state index contributed by atoms with van der Waals surface area (Å²) in [5.41, 5.74) is 5.63. The van der Waals surface area contributed by atoms with E-state index in [1.807, 2.05) is 0 Å². The third-order valence-electron chi connectivity index (χ3n) is 6.19. The van der Waals surface area contributed by atoms with Gasteiger partial charge in [0.05, 0.1) is 16.9 Å². The molecule has 1 unspecified atom stereocenters. The van der Waals surface area contributed by atoms with Crippen LogP contribution in [0.15, 0.2) is 48.9 Å². The van der Waals surface area contributed by atoms with Gasteiger partial charge in [-0.3, -0.25) is 4.79 Å². The minimum atomic E-state index is -4.74. The van der Waals surface area contributed by atoms with Crippen LogP contribution in [0.4, 0.5) is 33.5 Å². The number of nitrogens with two attached hydrogens (primary N) is 1. The second-order valence-corrected chi connectivity index (χ2v) is 8.37. The number of hydrogen-bond donors (Lipinski definition) is 1. The van der Waals surface area contributed by atoms with E-state index >= 15 is 0 Å². The van der Waals surface area contributed by atoms with Crippen LogP contribution < -0.4 is 10.6 Å². The third-order valence-corrected chi connectivity index (χ3v) is 6.19. The van der Waals surface area contributed by atoms with E-state index in [2.05, 4.69) is 9.97 Å². The molecule has 1 aliphatic rings. The van der Waals surface area contributed by atoms with Crippen LogP contribution in [0, 0.1) is 11.6 Å². The van der Waals surface area contributed by atoms with E-state index in [0.717, 1.165) is 18.2 Å². The molecule has 6 nitrogen and oxygen atoms in total. The van der Waals surface area contributed by atoms with Crippen LogP contribution in [0.5, 0.6) is 0 Å². The number of aryl methyl sites for hydroxylation is 1. The van der Waals surface area contributed by atoms with Crippen LogP contribution in [-0.2, 0) is 18.0 Å². The highest BCUT2D eigenvalue weighted by atomic mass is 19.4. The average Bonchev–Trinajstić information content (AvgIpc) is 3.33. The molecule has 11 heteroatoms. The molecule has 35 heavy (non-hydrogen) atoms. The summed E-state index contributed by atoms with van der Waals surface area (Å²) in [5, 5.41) is 0.290. The molecule has 3 heterocycles. The number of aromatic nitrogens is 3. The Morgan fingerprint density at radius 1 is 1.03 bits per heavy atom. The molecule has 2 aromatic heterocycles.